The molecule has 0 aliphatic heterocycles. The maximum absolute atomic E-state index is 12.5. The summed E-state index contributed by atoms with van der Waals surface area (Å²) in [5.41, 5.74) is 6.22. The average Bonchev–Trinajstić information content (AvgIpc) is 2.84. The van der Waals surface area contributed by atoms with Gasteiger partial charge in [0.15, 0.2) is 0 Å². The van der Waals surface area contributed by atoms with Crippen molar-refractivity contribution in [3.63, 3.8) is 0 Å². The number of amides is 2. The number of nitrogens with one attached hydrogen (secondary N) is 1. The van der Waals surface area contributed by atoms with Crippen LogP contribution in [0.5, 0.6) is 0 Å². The zero-order valence-corrected chi connectivity index (χ0v) is 15.5. The van der Waals surface area contributed by atoms with Gasteiger partial charge < -0.3 is 11.1 Å². The molecule has 1 aromatic heterocycles. The second kappa shape index (κ2) is 5.64. The van der Waals surface area contributed by atoms with E-state index in [4.69, 9.17) is 28.9 Å². The van der Waals surface area contributed by atoms with Crippen LogP contribution in [0, 0.1) is 11.3 Å². The number of carbonyl (C=O) groups excluding carboxylic acids is 2. The molecule has 2 aliphatic carbocycles. The van der Waals surface area contributed by atoms with Crippen LogP contribution in [0.3, 0.4) is 0 Å². The lowest BCUT2D eigenvalue weighted by Gasteiger charge is -2.20. The number of hydrogen-bond acceptors (Lipinski definition) is 3. The highest BCUT2D eigenvalue weighted by Crippen LogP contribution is 2.64. The molecule has 7 heteroatoms. The molecule has 1 heterocycles. The minimum Gasteiger partial charge on any atom is -0.365 e. The van der Waals surface area contributed by atoms with E-state index in [1.807, 2.05) is 0 Å². The summed E-state index contributed by atoms with van der Waals surface area (Å²) in [6.07, 6.45) is 4.36. The smallest absolute Gasteiger partial charge is 0.251 e. The van der Waals surface area contributed by atoms with Crippen LogP contribution in [0.25, 0.3) is 0 Å². The van der Waals surface area contributed by atoms with Gasteiger partial charge in [0.25, 0.3) is 5.91 Å². The van der Waals surface area contributed by atoms with Gasteiger partial charge in [-0.2, -0.15) is 0 Å². The van der Waals surface area contributed by atoms with Crippen LogP contribution in [0.1, 0.15) is 53.9 Å². The third-order valence-electron chi connectivity index (χ3n) is 5.18. The number of anilines is 1. The third kappa shape index (κ3) is 2.77. The topological polar surface area (TPSA) is 72.2 Å². The van der Waals surface area contributed by atoms with E-state index in [1.54, 1.807) is 6.92 Å². The van der Waals surface area contributed by atoms with Gasteiger partial charge in [-0.15, -0.1) is 34.5 Å². The Morgan fingerprint density at radius 2 is 2.09 bits per heavy atom. The predicted octanol–water partition coefficient (Wildman–Crippen LogP) is 3.88. The lowest BCUT2D eigenvalue weighted by molar-refractivity contribution is -0.120. The molecule has 0 saturated heterocycles. The molecule has 1 saturated carbocycles. The van der Waals surface area contributed by atoms with Gasteiger partial charge in [-0.25, -0.2) is 0 Å². The molecule has 2 atom stereocenters. The quantitative estimate of drug-likeness (QED) is 0.784. The summed E-state index contributed by atoms with van der Waals surface area (Å²) in [5, 5.41) is 3.39. The van der Waals surface area contributed by atoms with Gasteiger partial charge in [-0.1, -0.05) is 13.3 Å². The van der Waals surface area contributed by atoms with Crippen LogP contribution < -0.4 is 11.1 Å². The maximum Gasteiger partial charge on any atom is 0.251 e. The molecule has 23 heavy (non-hydrogen) atoms. The average molecular weight is 375 g/mol. The summed E-state index contributed by atoms with van der Waals surface area (Å²) >= 11 is 13.6. The van der Waals surface area contributed by atoms with E-state index in [2.05, 4.69) is 12.2 Å². The molecule has 126 valence electrons. The van der Waals surface area contributed by atoms with Crippen LogP contribution >= 0.6 is 34.5 Å². The minimum absolute atomic E-state index is 0.254. The van der Waals surface area contributed by atoms with Gasteiger partial charge in [0, 0.05) is 4.88 Å². The number of carbonyl (C=O) groups is 2. The van der Waals surface area contributed by atoms with Gasteiger partial charge in [0.05, 0.1) is 11.0 Å². The van der Waals surface area contributed by atoms with Crippen molar-refractivity contribution in [3.8, 4) is 0 Å². The Labute approximate surface area is 149 Å². The Bertz CT molecular complexity index is 686. The number of primary amides is 1. The molecule has 0 bridgehead atoms. The number of fused-ring (bicyclic) bond motifs is 1. The van der Waals surface area contributed by atoms with Crippen LogP contribution in [-0.2, 0) is 17.6 Å². The van der Waals surface area contributed by atoms with Gasteiger partial charge in [0.1, 0.15) is 9.33 Å². The monoisotopic (exact) mass is 374 g/mol. The molecule has 2 aliphatic rings. The van der Waals surface area contributed by atoms with E-state index in [1.165, 1.54) is 11.3 Å². The zero-order valence-electron chi connectivity index (χ0n) is 13.2. The number of halogens is 2. The first-order chi connectivity index (χ1) is 10.7. The van der Waals surface area contributed by atoms with Crippen LogP contribution in [0.15, 0.2) is 0 Å². The predicted molar refractivity (Wildman–Crippen MR) is 94.4 cm³/mol. The second-order valence-corrected chi connectivity index (χ2v) is 9.35. The van der Waals surface area contributed by atoms with E-state index in [0.717, 1.165) is 36.1 Å². The van der Waals surface area contributed by atoms with E-state index in [0.29, 0.717) is 22.9 Å². The fourth-order valence-electron chi connectivity index (χ4n) is 3.24. The fourth-order valence-corrected chi connectivity index (χ4v) is 5.31. The molecule has 0 unspecified atom stereocenters. The lowest BCUT2D eigenvalue weighted by atomic mass is 9.85. The Morgan fingerprint density at radius 1 is 1.43 bits per heavy atom. The van der Waals surface area contributed by atoms with E-state index >= 15 is 0 Å². The number of nitrogens with two attached hydrogens (primary N) is 1. The first-order valence-electron chi connectivity index (χ1n) is 7.83. The Hall–Kier alpha value is -0.780. The molecule has 3 N–H and O–H groups in total. The maximum atomic E-state index is 12.5. The van der Waals surface area contributed by atoms with Crippen LogP contribution in [-0.4, -0.2) is 16.1 Å². The minimum atomic E-state index is -1.03. The van der Waals surface area contributed by atoms with E-state index < -0.39 is 15.7 Å². The molecule has 1 aromatic rings. The Balaban J connectivity index is 1.90. The second-order valence-electron chi connectivity index (χ2n) is 6.76. The normalized spacial score (nSPS) is 28.1. The van der Waals surface area contributed by atoms with Crippen molar-refractivity contribution < 1.29 is 9.59 Å². The summed E-state index contributed by atoms with van der Waals surface area (Å²) in [5.74, 6) is -0.114. The molecular weight excluding hydrogens is 355 g/mol. The Kier molecular flexibility index (Phi) is 4.18. The van der Waals surface area contributed by atoms with E-state index in [-0.39, 0.29) is 5.91 Å². The van der Waals surface area contributed by atoms with Crippen molar-refractivity contribution in [2.45, 2.75) is 50.3 Å². The molecule has 0 aromatic carbocycles. The number of alkyl halides is 2. The first-order valence-corrected chi connectivity index (χ1v) is 9.40. The SMILES string of the molecule is CC[C@H]1CCc2c(sc(NC(=O)[C@@]3(C)CC3(Cl)Cl)c2C(N)=O)C1. The molecule has 2 amide bonds. The summed E-state index contributed by atoms with van der Waals surface area (Å²) in [4.78, 5) is 25.6. The van der Waals surface area contributed by atoms with Crippen molar-refractivity contribution in [1.82, 2.24) is 0 Å². The highest BCUT2D eigenvalue weighted by molar-refractivity contribution is 7.17. The summed E-state index contributed by atoms with van der Waals surface area (Å²) < 4.78 is -1.03. The summed E-state index contributed by atoms with van der Waals surface area (Å²) in [6, 6.07) is 0. The number of hydrogen-bond donors (Lipinski definition) is 2. The van der Waals surface area contributed by atoms with Crippen molar-refractivity contribution >= 4 is 51.4 Å². The summed E-state index contributed by atoms with van der Waals surface area (Å²) in [7, 11) is 0. The number of thiophene rings is 1. The van der Waals surface area contributed by atoms with Crippen molar-refractivity contribution in [1.29, 1.82) is 0 Å². The Morgan fingerprint density at radius 3 is 2.61 bits per heavy atom. The molecule has 0 spiro atoms. The lowest BCUT2D eigenvalue weighted by Crippen LogP contribution is -2.27. The molecule has 1 fully saturated rings. The van der Waals surface area contributed by atoms with E-state index in [9.17, 15) is 9.59 Å². The van der Waals surface area contributed by atoms with Gasteiger partial charge in [-0.05, 0) is 44.1 Å². The third-order valence-corrected chi connectivity index (χ3v) is 7.45. The van der Waals surface area contributed by atoms with Gasteiger partial charge in [0.2, 0.25) is 5.91 Å². The highest BCUT2D eigenvalue weighted by Gasteiger charge is 2.68. The number of rotatable bonds is 4. The molecule has 4 nitrogen and oxygen atoms in total. The molecule has 0 radical (unpaired) electrons. The van der Waals surface area contributed by atoms with Gasteiger partial charge in [-0.3, -0.25) is 9.59 Å². The van der Waals surface area contributed by atoms with Crippen LogP contribution in [0.2, 0.25) is 0 Å². The first kappa shape index (κ1) is 17.1. The van der Waals surface area contributed by atoms with Crippen molar-refractivity contribution in [2.24, 2.45) is 17.1 Å². The largest absolute Gasteiger partial charge is 0.365 e. The zero-order chi connectivity index (χ0) is 17.0. The van der Waals surface area contributed by atoms with Crippen molar-refractivity contribution in [3.05, 3.63) is 16.0 Å². The fraction of sp³-hybridized carbons (Fsp3) is 0.625. The van der Waals surface area contributed by atoms with Crippen LogP contribution in [0.4, 0.5) is 5.00 Å². The van der Waals surface area contributed by atoms with Crippen molar-refractivity contribution in [2.75, 3.05) is 5.32 Å². The summed E-state index contributed by atoms with van der Waals surface area (Å²) in [6.45, 7) is 3.91. The highest BCUT2D eigenvalue weighted by atomic mass is 35.5. The molecule has 3 rings (SSSR count). The standard InChI is InChI=1S/C16H20Cl2N2O2S/c1-3-8-4-5-9-10(6-8)23-13(11(9)12(19)21)20-14(22)15(2)7-16(15,17)18/h8H,3-7H2,1-2H3,(H2,19,21)(H,20,22)/t8-,15+/m0/s1. The molecular formula is C16H20Cl2N2O2S. The van der Waals surface area contributed by atoms with Gasteiger partial charge >= 0.3 is 0 Å².